The van der Waals surface area contributed by atoms with Gasteiger partial charge < -0.3 is 10.1 Å². The van der Waals surface area contributed by atoms with Crippen molar-refractivity contribution in [3.8, 4) is 0 Å². The summed E-state index contributed by atoms with van der Waals surface area (Å²) < 4.78 is 5.70. The molecule has 0 aromatic heterocycles. The molecule has 0 radical (unpaired) electrons. The normalized spacial score (nSPS) is 15.1. The monoisotopic (exact) mass is 261 g/mol. The van der Waals surface area contributed by atoms with Crippen molar-refractivity contribution in [1.82, 2.24) is 5.32 Å². The Hall–Kier alpha value is -0.860. The fraction of sp³-hybridized carbons (Fsp3) is 0.647. The van der Waals surface area contributed by atoms with Crippen LogP contribution in [0.5, 0.6) is 0 Å². The summed E-state index contributed by atoms with van der Waals surface area (Å²) in [6, 6.07) is 8.86. The van der Waals surface area contributed by atoms with Crippen molar-refractivity contribution in [2.24, 2.45) is 11.8 Å². The molecule has 1 aromatic carbocycles. The maximum absolute atomic E-state index is 5.70. The van der Waals surface area contributed by atoms with E-state index in [0.29, 0.717) is 0 Å². The molecule has 0 amide bonds. The van der Waals surface area contributed by atoms with Crippen molar-refractivity contribution in [2.75, 3.05) is 19.7 Å². The lowest BCUT2D eigenvalue weighted by Gasteiger charge is -2.08. The predicted octanol–water partition coefficient (Wildman–Crippen LogP) is 3.40. The number of rotatable bonds is 9. The minimum atomic E-state index is 0.728. The highest BCUT2D eigenvalue weighted by Gasteiger charge is 2.20. The first-order valence-electron chi connectivity index (χ1n) is 7.60. The predicted molar refractivity (Wildman–Crippen MR) is 80.2 cm³/mol. The van der Waals surface area contributed by atoms with Gasteiger partial charge in [0.1, 0.15) is 0 Å². The van der Waals surface area contributed by atoms with Gasteiger partial charge in [-0.2, -0.15) is 0 Å². The molecule has 2 rings (SSSR count). The summed E-state index contributed by atoms with van der Waals surface area (Å²) in [5.41, 5.74) is 2.70. The van der Waals surface area contributed by atoms with Crippen LogP contribution in [0.3, 0.4) is 0 Å². The lowest BCUT2D eigenvalue weighted by Crippen LogP contribution is -2.22. The van der Waals surface area contributed by atoms with Gasteiger partial charge in [0.2, 0.25) is 0 Å². The van der Waals surface area contributed by atoms with Crippen molar-refractivity contribution in [3.05, 3.63) is 35.4 Å². The molecule has 0 saturated heterocycles. The molecule has 19 heavy (non-hydrogen) atoms. The van der Waals surface area contributed by atoms with E-state index in [0.717, 1.165) is 44.6 Å². The minimum absolute atomic E-state index is 0.728. The van der Waals surface area contributed by atoms with Gasteiger partial charge in [-0.25, -0.2) is 0 Å². The molecule has 1 aromatic rings. The highest BCUT2D eigenvalue weighted by molar-refractivity contribution is 5.22. The van der Waals surface area contributed by atoms with Crippen LogP contribution in [-0.4, -0.2) is 19.7 Å². The molecule has 106 valence electrons. The lowest BCUT2D eigenvalue weighted by molar-refractivity contribution is 0.111. The molecule has 2 nitrogen and oxygen atoms in total. The Morgan fingerprint density at radius 3 is 2.47 bits per heavy atom. The van der Waals surface area contributed by atoms with Gasteiger partial charge >= 0.3 is 0 Å². The largest absolute Gasteiger partial charge is 0.376 e. The summed E-state index contributed by atoms with van der Waals surface area (Å²) in [4.78, 5) is 0. The number of hydrogen-bond donors (Lipinski definition) is 1. The molecule has 0 atom stereocenters. The minimum Gasteiger partial charge on any atom is -0.376 e. The summed E-state index contributed by atoms with van der Waals surface area (Å²) in [6.07, 6.45) is 3.83. The Bertz CT molecular complexity index is 354. The first-order chi connectivity index (χ1) is 9.24. The molecule has 0 heterocycles. The van der Waals surface area contributed by atoms with E-state index in [-0.39, 0.29) is 0 Å². The molecule has 1 aliphatic carbocycles. The van der Waals surface area contributed by atoms with Crippen LogP contribution in [0.25, 0.3) is 0 Å². The standard InChI is InChI=1S/C17H27NO/c1-14(2)11-18-10-9-15-3-5-16(6-4-15)12-19-13-17-7-8-17/h3-6,14,17-18H,7-13H2,1-2H3. The van der Waals surface area contributed by atoms with Crippen molar-refractivity contribution in [3.63, 3.8) is 0 Å². The van der Waals surface area contributed by atoms with Gasteiger partial charge in [0.15, 0.2) is 0 Å². The van der Waals surface area contributed by atoms with Crippen LogP contribution in [0.4, 0.5) is 0 Å². The Morgan fingerprint density at radius 2 is 1.84 bits per heavy atom. The van der Waals surface area contributed by atoms with Crippen molar-refractivity contribution in [1.29, 1.82) is 0 Å². The maximum atomic E-state index is 5.70. The molecule has 1 saturated carbocycles. The molecular weight excluding hydrogens is 234 g/mol. The second kappa shape index (κ2) is 7.66. The van der Waals surface area contributed by atoms with Crippen LogP contribution >= 0.6 is 0 Å². The van der Waals surface area contributed by atoms with Crippen LogP contribution in [0.1, 0.15) is 37.8 Å². The smallest absolute Gasteiger partial charge is 0.0717 e. The molecule has 0 aliphatic heterocycles. The Labute approximate surface area is 117 Å². The maximum Gasteiger partial charge on any atom is 0.0717 e. The SMILES string of the molecule is CC(C)CNCCc1ccc(COCC2CC2)cc1. The van der Waals surface area contributed by atoms with Gasteiger partial charge in [0.05, 0.1) is 6.61 Å². The van der Waals surface area contributed by atoms with Crippen molar-refractivity contribution in [2.45, 2.75) is 39.7 Å². The molecular formula is C17H27NO. The van der Waals surface area contributed by atoms with E-state index in [2.05, 4.69) is 43.4 Å². The highest BCUT2D eigenvalue weighted by Crippen LogP contribution is 2.29. The third kappa shape index (κ3) is 6.22. The van der Waals surface area contributed by atoms with Crippen LogP contribution in [0, 0.1) is 11.8 Å². The van der Waals surface area contributed by atoms with E-state index < -0.39 is 0 Å². The molecule has 0 unspecified atom stereocenters. The van der Waals surface area contributed by atoms with Crippen molar-refractivity contribution >= 4 is 0 Å². The van der Waals surface area contributed by atoms with Gasteiger partial charge in [-0.05, 0) is 55.3 Å². The Morgan fingerprint density at radius 1 is 1.16 bits per heavy atom. The van der Waals surface area contributed by atoms with E-state index in [1.165, 1.54) is 24.0 Å². The zero-order valence-corrected chi connectivity index (χ0v) is 12.3. The van der Waals surface area contributed by atoms with E-state index in [1.807, 2.05) is 0 Å². The average molecular weight is 261 g/mol. The van der Waals surface area contributed by atoms with Crippen LogP contribution < -0.4 is 5.32 Å². The number of benzene rings is 1. The third-order valence-corrected chi connectivity index (χ3v) is 3.49. The van der Waals surface area contributed by atoms with E-state index in [9.17, 15) is 0 Å². The first-order valence-corrected chi connectivity index (χ1v) is 7.60. The Kier molecular flexibility index (Phi) is 5.87. The van der Waals surface area contributed by atoms with Crippen LogP contribution in [0.15, 0.2) is 24.3 Å². The quantitative estimate of drug-likeness (QED) is 0.688. The topological polar surface area (TPSA) is 21.3 Å². The van der Waals surface area contributed by atoms with E-state index in [4.69, 9.17) is 4.74 Å². The fourth-order valence-corrected chi connectivity index (χ4v) is 2.05. The first kappa shape index (κ1) is 14.5. The van der Waals surface area contributed by atoms with Gasteiger partial charge in [0.25, 0.3) is 0 Å². The number of nitrogens with one attached hydrogen (secondary N) is 1. The summed E-state index contributed by atoms with van der Waals surface area (Å²) in [5, 5.41) is 3.48. The molecule has 1 N–H and O–H groups in total. The summed E-state index contributed by atoms with van der Waals surface area (Å²) >= 11 is 0. The zero-order chi connectivity index (χ0) is 13.5. The summed E-state index contributed by atoms with van der Waals surface area (Å²) in [6.45, 7) is 8.36. The lowest BCUT2D eigenvalue weighted by atomic mass is 10.1. The van der Waals surface area contributed by atoms with Crippen molar-refractivity contribution < 1.29 is 4.74 Å². The summed E-state index contributed by atoms with van der Waals surface area (Å²) in [7, 11) is 0. The highest BCUT2D eigenvalue weighted by atomic mass is 16.5. The van der Waals surface area contributed by atoms with Gasteiger partial charge in [-0.15, -0.1) is 0 Å². The molecule has 0 spiro atoms. The van der Waals surface area contributed by atoms with Crippen LogP contribution in [0.2, 0.25) is 0 Å². The fourth-order valence-electron chi connectivity index (χ4n) is 2.05. The van der Waals surface area contributed by atoms with E-state index in [1.54, 1.807) is 0 Å². The Balaban J connectivity index is 1.62. The molecule has 1 fully saturated rings. The number of hydrogen-bond acceptors (Lipinski definition) is 2. The van der Waals surface area contributed by atoms with Gasteiger partial charge in [-0.3, -0.25) is 0 Å². The zero-order valence-electron chi connectivity index (χ0n) is 12.3. The van der Waals surface area contributed by atoms with Gasteiger partial charge in [0, 0.05) is 6.61 Å². The molecule has 1 aliphatic rings. The van der Waals surface area contributed by atoms with Gasteiger partial charge in [-0.1, -0.05) is 38.1 Å². The average Bonchev–Trinajstić information content (AvgIpc) is 3.20. The molecule has 0 bridgehead atoms. The van der Waals surface area contributed by atoms with E-state index >= 15 is 0 Å². The summed E-state index contributed by atoms with van der Waals surface area (Å²) in [5.74, 6) is 1.58. The number of ether oxygens (including phenoxy) is 1. The second-order valence-corrected chi connectivity index (χ2v) is 6.12. The third-order valence-electron chi connectivity index (χ3n) is 3.49. The molecule has 2 heteroatoms. The second-order valence-electron chi connectivity index (χ2n) is 6.12. The van der Waals surface area contributed by atoms with Crippen LogP contribution in [-0.2, 0) is 17.8 Å².